The Bertz CT molecular complexity index is 335. The molecule has 0 aliphatic rings. The van der Waals surface area contributed by atoms with Gasteiger partial charge in [-0.05, 0) is 44.0 Å². The van der Waals surface area contributed by atoms with Gasteiger partial charge in [0.2, 0.25) is 0 Å². The van der Waals surface area contributed by atoms with Gasteiger partial charge in [-0.25, -0.2) is 0 Å². The van der Waals surface area contributed by atoms with Crippen LogP contribution in [0.15, 0.2) is 21.1 Å². The smallest absolute Gasteiger partial charge is 0.166 e. The molecule has 0 amide bonds. The van der Waals surface area contributed by atoms with Crippen LogP contribution in [0.5, 0.6) is 0 Å². The van der Waals surface area contributed by atoms with Crippen molar-refractivity contribution in [2.24, 2.45) is 0 Å². The fraction of sp³-hybridized carbons (Fsp3) is 0.143. The minimum Gasteiger partial charge on any atom is -0.166 e. The first-order valence-electron chi connectivity index (χ1n) is 3.04. The van der Waals surface area contributed by atoms with Gasteiger partial charge in [0.05, 0.1) is 10.6 Å². The van der Waals surface area contributed by atoms with Gasteiger partial charge in [0.25, 0.3) is 0 Å². The Morgan fingerprint density at radius 1 is 1.15 bits per heavy atom. The van der Waals surface area contributed by atoms with Crippen LogP contribution in [0, 0.1) is 0 Å². The number of halogens is 6. The minimum atomic E-state index is -4.44. The molecule has 0 nitrogen and oxygen atoms in total. The average molecular weight is 338 g/mol. The topological polar surface area (TPSA) is 0 Å². The van der Waals surface area contributed by atoms with E-state index in [9.17, 15) is 13.2 Å². The molecule has 6 heteroatoms. The van der Waals surface area contributed by atoms with E-state index >= 15 is 0 Å². The van der Waals surface area contributed by atoms with E-state index in [1.807, 2.05) is 0 Å². The quantitative estimate of drug-likeness (QED) is 0.591. The maximum absolute atomic E-state index is 12.4. The highest BCUT2D eigenvalue weighted by atomic mass is 79.9. The molecule has 0 bridgehead atoms. The Hall–Kier alpha value is 0.260. The molecule has 1 rings (SSSR count). The van der Waals surface area contributed by atoms with Crippen LogP contribution in [0.4, 0.5) is 13.2 Å². The molecule has 72 valence electrons. The molecule has 0 heterocycles. The van der Waals surface area contributed by atoms with E-state index in [-0.39, 0.29) is 9.50 Å². The molecule has 0 saturated heterocycles. The highest BCUT2D eigenvalue weighted by Gasteiger charge is 2.36. The van der Waals surface area contributed by atoms with Crippen molar-refractivity contribution in [3.63, 3.8) is 0 Å². The van der Waals surface area contributed by atoms with Crippen LogP contribution in [-0.4, -0.2) is 0 Å². The van der Waals surface area contributed by atoms with Crippen LogP contribution < -0.4 is 0 Å². The second-order valence-corrected chi connectivity index (χ2v) is 4.27. The SMILES string of the molecule is FC(F)(F)c1c(Cl)ccc(Br)c1Br. The summed E-state index contributed by atoms with van der Waals surface area (Å²) < 4.78 is 37.3. The molecule has 0 saturated carbocycles. The van der Waals surface area contributed by atoms with E-state index in [4.69, 9.17) is 11.6 Å². The third-order valence-electron chi connectivity index (χ3n) is 1.33. The zero-order valence-corrected chi connectivity index (χ0v) is 9.85. The monoisotopic (exact) mass is 336 g/mol. The Balaban J connectivity index is 3.43. The van der Waals surface area contributed by atoms with Crippen molar-refractivity contribution in [3.05, 3.63) is 31.7 Å². The highest BCUT2D eigenvalue weighted by Crippen LogP contribution is 2.42. The first kappa shape index (κ1) is 11.3. The number of benzene rings is 1. The first-order chi connectivity index (χ1) is 5.84. The van der Waals surface area contributed by atoms with Gasteiger partial charge in [-0.1, -0.05) is 11.6 Å². The largest absolute Gasteiger partial charge is 0.418 e. The summed E-state index contributed by atoms with van der Waals surface area (Å²) in [5.74, 6) is 0. The maximum atomic E-state index is 12.4. The van der Waals surface area contributed by atoms with Crippen LogP contribution >= 0.6 is 43.5 Å². The van der Waals surface area contributed by atoms with Gasteiger partial charge in [0, 0.05) is 8.95 Å². The van der Waals surface area contributed by atoms with E-state index in [0.717, 1.165) is 0 Å². The fourth-order valence-electron chi connectivity index (χ4n) is 0.787. The molecule has 1 aromatic rings. The van der Waals surface area contributed by atoms with E-state index in [1.165, 1.54) is 12.1 Å². The van der Waals surface area contributed by atoms with Crippen molar-refractivity contribution >= 4 is 43.5 Å². The molecule has 0 N–H and O–H groups in total. The highest BCUT2D eigenvalue weighted by molar-refractivity contribution is 9.13. The van der Waals surface area contributed by atoms with Crippen molar-refractivity contribution in [3.8, 4) is 0 Å². The third-order valence-corrected chi connectivity index (χ3v) is 3.66. The molecule has 0 radical (unpaired) electrons. The molecular weight excluding hydrogens is 336 g/mol. The number of hydrogen-bond acceptors (Lipinski definition) is 0. The van der Waals surface area contributed by atoms with E-state index < -0.39 is 11.7 Å². The maximum Gasteiger partial charge on any atom is 0.418 e. The van der Waals surface area contributed by atoms with Gasteiger partial charge >= 0.3 is 6.18 Å². The summed E-state index contributed by atoms with van der Waals surface area (Å²) in [5, 5.41) is -0.317. The normalized spacial score (nSPS) is 11.8. The van der Waals surface area contributed by atoms with Crippen molar-refractivity contribution in [2.45, 2.75) is 6.18 Å². The molecule has 0 aliphatic heterocycles. The van der Waals surface area contributed by atoms with Gasteiger partial charge in [0.1, 0.15) is 0 Å². The van der Waals surface area contributed by atoms with Gasteiger partial charge in [-0.3, -0.25) is 0 Å². The number of rotatable bonds is 0. The van der Waals surface area contributed by atoms with Crippen LogP contribution in [0.2, 0.25) is 5.02 Å². The molecule has 0 fully saturated rings. The zero-order valence-electron chi connectivity index (χ0n) is 5.92. The van der Waals surface area contributed by atoms with E-state index in [2.05, 4.69) is 31.9 Å². The molecule has 0 unspecified atom stereocenters. The van der Waals surface area contributed by atoms with Crippen molar-refractivity contribution in [2.75, 3.05) is 0 Å². The Morgan fingerprint density at radius 2 is 1.69 bits per heavy atom. The Labute approximate surface area is 94.3 Å². The summed E-state index contributed by atoms with van der Waals surface area (Å²) in [6, 6.07) is 2.64. The minimum absolute atomic E-state index is 0.0764. The van der Waals surface area contributed by atoms with Crippen molar-refractivity contribution in [1.29, 1.82) is 0 Å². The summed E-state index contributed by atoms with van der Waals surface area (Å²) in [5.41, 5.74) is -0.858. The summed E-state index contributed by atoms with van der Waals surface area (Å²) in [6.45, 7) is 0. The Morgan fingerprint density at radius 3 is 2.08 bits per heavy atom. The van der Waals surface area contributed by atoms with E-state index in [0.29, 0.717) is 4.47 Å². The first-order valence-corrected chi connectivity index (χ1v) is 5.01. The van der Waals surface area contributed by atoms with Gasteiger partial charge in [-0.15, -0.1) is 0 Å². The Kier molecular flexibility index (Phi) is 3.30. The number of hydrogen-bond donors (Lipinski definition) is 0. The summed E-state index contributed by atoms with van der Waals surface area (Å²) in [6.07, 6.45) is -4.44. The van der Waals surface area contributed by atoms with E-state index in [1.54, 1.807) is 0 Å². The van der Waals surface area contributed by atoms with Crippen molar-refractivity contribution < 1.29 is 13.2 Å². The molecular formula is C7H2Br2ClF3. The standard InChI is InChI=1S/C7H2Br2ClF3/c8-3-1-2-4(10)5(6(3)9)7(11,12)13/h1-2H. The van der Waals surface area contributed by atoms with Gasteiger partial charge in [-0.2, -0.15) is 13.2 Å². The van der Waals surface area contributed by atoms with Crippen LogP contribution in [0.3, 0.4) is 0 Å². The summed E-state index contributed by atoms with van der Waals surface area (Å²) >= 11 is 11.2. The predicted molar refractivity (Wildman–Crippen MR) is 51.9 cm³/mol. The second kappa shape index (κ2) is 3.79. The number of alkyl halides is 3. The van der Waals surface area contributed by atoms with Gasteiger partial charge in [0.15, 0.2) is 0 Å². The lowest BCUT2D eigenvalue weighted by molar-refractivity contribution is -0.138. The molecule has 1 aromatic carbocycles. The molecule has 0 aromatic heterocycles. The van der Waals surface area contributed by atoms with Crippen LogP contribution in [-0.2, 0) is 6.18 Å². The van der Waals surface area contributed by atoms with Crippen LogP contribution in [0.1, 0.15) is 5.56 Å². The molecule has 0 aliphatic carbocycles. The molecule has 13 heavy (non-hydrogen) atoms. The van der Waals surface area contributed by atoms with Crippen molar-refractivity contribution in [1.82, 2.24) is 0 Å². The fourth-order valence-corrected chi connectivity index (χ4v) is 2.07. The third kappa shape index (κ3) is 2.39. The lowest BCUT2D eigenvalue weighted by Crippen LogP contribution is -2.07. The predicted octanol–water partition coefficient (Wildman–Crippen LogP) is 4.88. The molecule has 0 spiro atoms. The van der Waals surface area contributed by atoms with Gasteiger partial charge < -0.3 is 0 Å². The average Bonchev–Trinajstić information content (AvgIpc) is 1.95. The lowest BCUT2D eigenvalue weighted by atomic mass is 10.2. The lowest BCUT2D eigenvalue weighted by Gasteiger charge is -2.11. The zero-order chi connectivity index (χ0) is 10.2. The summed E-state index contributed by atoms with van der Waals surface area (Å²) in [4.78, 5) is 0. The van der Waals surface area contributed by atoms with Crippen LogP contribution in [0.25, 0.3) is 0 Å². The molecule has 0 atom stereocenters. The summed E-state index contributed by atoms with van der Waals surface area (Å²) in [7, 11) is 0. The second-order valence-electron chi connectivity index (χ2n) is 2.22.